The molecule has 0 unspecified atom stereocenters. The van der Waals surface area contributed by atoms with E-state index in [0.717, 1.165) is 43.7 Å². The lowest BCUT2D eigenvalue weighted by Crippen LogP contribution is -2.32. The Morgan fingerprint density at radius 1 is 1.47 bits per heavy atom. The Morgan fingerprint density at radius 3 is 2.74 bits per heavy atom. The molecule has 19 heavy (non-hydrogen) atoms. The van der Waals surface area contributed by atoms with Gasteiger partial charge in [-0.25, -0.2) is 13.1 Å². The van der Waals surface area contributed by atoms with Gasteiger partial charge in [0.1, 0.15) is 4.21 Å². The molecule has 1 aliphatic rings. The van der Waals surface area contributed by atoms with Crippen LogP contribution in [0.4, 0.5) is 5.69 Å². The van der Waals surface area contributed by atoms with E-state index in [2.05, 4.69) is 16.7 Å². The summed E-state index contributed by atoms with van der Waals surface area (Å²) < 4.78 is 26.9. The molecule has 0 atom stereocenters. The fourth-order valence-corrected chi connectivity index (χ4v) is 4.46. The first-order valence-electron chi connectivity index (χ1n) is 6.49. The predicted molar refractivity (Wildman–Crippen MR) is 78.8 cm³/mol. The maximum absolute atomic E-state index is 12.0. The minimum atomic E-state index is -3.37. The third kappa shape index (κ3) is 4.17. The minimum absolute atomic E-state index is 0.299. The van der Waals surface area contributed by atoms with E-state index >= 15 is 0 Å². The second-order valence-corrected chi connectivity index (χ2v) is 8.04. The van der Waals surface area contributed by atoms with Crippen LogP contribution in [0.2, 0.25) is 0 Å². The Bertz CT molecular complexity index is 505. The van der Waals surface area contributed by atoms with Gasteiger partial charge in [-0.1, -0.05) is 0 Å². The second-order valence-electron chi connectivity index (χ2n) is 5.13. The van der Waals surface area contributed by atoms with Crippen molar-refractivity contribution in [3.05, 3.63) is 11.4 Å². The summed E-state index contributed by atoms with van der Waals surface area (Å²) in [5.41, 5.74) is 6.05. The maximum Gasteiger partial charge on any atom is 0.250 e. The molecular formula is C12H21N3O2S2. The van der Waals surface area contributed by atoms with Crippen LogP contribution in [0.15, 0.2) is 15.7 Å². The van der Waals surface area contributed by atoms with Crippen LogP contribution in [0.5, 0.6) is 0 Å². The summed E-state index contributed by atoms with van der Waals surface area (Å²) in [4.78, 5) is 2.31. The highest BCUT2D eigenvalue weighted by Gasteiger charge is 2.19. The van der Waals surface area contributed by atoms with Crippen LogP contribution >= 0.6 is 11.3 Å². The normalized spacial score (nSPS) is 18.8. The number of nitrogens with zero attached hydrogens (tertiary/aromatic N) is 1. The summed E-state index contributed by atoms with van der Waals surface area (Å²) in [6, 6.07) is 1.50. The first-order valence-corrected chi connectivity index (χ1v) is 8.86. The third-order valence-electron chi connectivity index (χ3n) is 3.54. The van der Waals surface area contributed by atoms with Crippen LogP contribution in [0, 0.1) is 5.92 Å². The third-order valence-corrected chi connectivity index (χ3v) is 6.46. The summed E-state index contributed by atoms with van der Waals surface area (Å²) in [5, 5.41) is 1.64. The van der Waals surface area contributed by atoms with E-state index in [9.17, 15) is 8.42 Å². The first-order chi connectivity index (χ1) is 8.97. The number of likely N-dealkylation sites (tertiary alicyclic amines) is 1. The van der Waals surface area contributed by atoms with E-state index in [1.54, 1.807) is 5.38 Å². The second kappa shape index (κ2) is 6.21. The van der Waals surface area contributed by atoms with Gasteiger partial charge in [-0.2, -0.15) is 0 Å². The van der Waals surface area contributed by atoms with Crippen LogP contribution in [-0.2, 0) is 10.0 Å². The lowest BCUT2D eigenvalue weighted by atomic mass is 9.94. The SMILES string of the molecule is CN1CCC(CCNS(=O)(=O)c2cc(N)cs2)CC1. The van der Waals surface area contributed by atoms with Crippen LogP contribution in [-0.4, -0.2) is 40.0 Å². The van der Waals surface area contributed by atoms with Gasteiger partial charge >= 0.3 is 0 Å². The molecule has 108 valence electrons. The van der Waals surface area contributed by atoms with E-state index in [0.29, 0.717) is 22.4 Å². The van der Waals surface area contributed by atoms with Crippen molar-refractivity contribution >= 4 is 27.0 Å². The molecule has 0 amide bonds. The van der Waals surface area contributed by atoms with Gasteiger partial charge in [-0.05, 0) is 51.4 Å². The van der Waals surface area contributed by atoms with E-state index in [1.165, 1.54) is 6.07 Å². The van der Waals surface area contributed by atoms with Crippen molar-refractivity contribution < 1.29 is 8.42 Å². The number of thiophene rings is 1. The quantitative estimate of drug-likeness (QED) is 0.861. The number of nitrogens with one attached hydrogen (secondary N) is 1. The zero-order valence-electron chi connectivity index (χ0n) is 11.1. The monoisotopic (exact) mass is 303 g/mol. The molecule has 1 saturated heterocycles. The number of nitrogens with two attached hydrogens (primary N) is 1. The molecule has 0 radical (unpaired) electrons. The average Bonchev–Trinajstić information content (AvgIpc) is 2.79. The molecule has 0 bridgehead atoms. The van der Waals surface area contributed by atoms with E-state index in [4.69, 9.17) is 5.73 Å². The fourth-order valence-electron chi connectivity index (χ4n) is 2.29. The van der Waals surface area contributed by atoms with Crippen LogP contribution in [0.3, 0.4) is 0 Å². The van der Waals surface area contributed by atoms with Crippen molar-refractivity contribution in [1.82, 2.24) is 9.62 Å². The molecular weight excluding hydrogens is 282 g/mol. The number of sulfonamides is 1. The van der Waals surface area contributed by atoms with Crippen molar-refractivity contribution in [2.45, 2.75) is 23.5 Å². The number of anilines is 1. The topological polar surface area (TPSA) is 75.4 Å². The van der Waals surface area contributed by atoms with Gasteiger partial charge in [-0.3, -0.25) is 0 Å². The molecule has 5 nitrogen and oxygen atoms in total. The molecule has 7 heteroatoms. The summed E-state index contributed by atoms with van der Waals surface area (Å²) in [6.45, 7) is 2.73. The zero-order chi connectivity index (χ0) is 13.9. The van der Waals surface area contributed by atoms with Crippen molar-refractivity contribution in [3.63, 3.8) is 0 Å². The summed E-state index contributed by atoms with van der Waals surface area (Å²) >= 11 is 1.16. The van der Waals surface area contributed by atoms with Gasteiger partial charge < -0.3 is 10.6 Å². The standard InChI is InChI=1S/C12H21N3O2S2/c1-15-6-3-10(4-7-15)2-5-14-19(16,17)12-8-11(13)9-18-12/h8-10,14H,2-7,13H2,1H3. The van der Waals surface area contributed by atoms with E-state index < -0.39 is 10.0 Å². The Balaban J connectivity index is 1.79. The lowest BCUT2D eigenvalue weighted by molar-refractivity contribution is 0.213. The van der Waals surface area contributed by atoms with Crippen LogP contribution in [0.1, 0.15) is 19.3 Å². The molecule has 3 N–H and O–H groups in total. The summed E-state index contributed by atoms with van der Waals surface area (Å²) in [7, 11) is -1.25. The zero-order valence-corrected chi connectivity index (χ0v) is 12.8. The summed E-state index contributed by atoms with van der Waals surface area (Å²) in [5.74, 6) is 0.632. The van der Waals surface area contributed by atoms with Crippen molar-refractivity contribution in [2.75, 3.05) is 32.4 Å². The number of rotatable bonds is 5. The molecule has 1 aromatic heterocycles. The highest BCUT2D eigenvalue weighted by Crippen LogP contribution is 2.22. The number of nitrogen functional groups attached to an aromatic ring is 1. The first kappa shape index (κ1) is 14.8. The molecule has 1 aromatic rings. The molecule has 0 aliphatic carbocycles. The highest BCUT2D eigenvalue weighted by molar-refractivity contribution is 7.91. The lowest BCUT2D eigenvalue weighted by Gasteiger charge is -2.28. The molecule has 0 aromatic carbocycles. The highest BCUT2D eigenvalue weighted by atomic mass is 32.2. The van der Waals surface area contributed by atoms with Gasteiger partial charge in [0, 0.05) is 17.6 Å². The van der Waals surface area contributed by atoms with Crippen LogP contribution < -0.4 is 10.5 Å². The van der Waals surface area contributed by atoms with E-state index in [-0.39, 0.29) is 0 Å². The average molecular weight is 303 g/mol. The van der Waals surface area contributed by atoms with Crippen molar-refractivity contribution in [2.24, 2.45) is 5.92 Å². The van der Waals surface area contributed by atoms with Gasteiger partial charge in [0.2, 0.25) is 10.0 Å². The smallest absolute Gasteiger partial charge is 0.250 e. The fraction of sp³-hybridized carbons (Fsp3) is 0.667. The van der Waals surface area contributed by atoms with Gasteiger partial charge in [0.05, 0.1) is 0 Å². The van der Waals surface area contributed by atoms with Crippen LogP contribution in [0.25, 0.3) is 0 Å². The number of hydrogen-bond acceptors (Lipinski definition) is 5. The Kier molecular flexibility index (Phi) is 4.83. The van der Waals surface area contributed by atoms with E-state index in [1.807, 2.05) is 0 Å². The predicted octanol–water partition coefficient (Wildman–Crippen LogP) is 1.34. The molecule has 0 saturated carbocycles. The molecule has 1 fully saturated rings. The number of hydrogen-bond donors (Lipinski definition) is 2. The van der Waals surface area contributed by atoms with Gasteiger partial charge in [-0.15, -0.1) is 11.3 Å². The molecule has 2 heterocycles. The molecule has 2 rings (SSSR count). The molecule has 0 spiro atoms. The summed E-state index contributed by atoms with van der Waals surface area (Å²) in [6.07, 6.45) is 3.22. The number of piperidine rings is 1. The maximum atomic E-state index is 12.0. The minimum Gasteiger partial charge on any atom is -0.398 e. The Labute approximate surface area is 118 Å². The Morgan fingerprint density at radius 2 is 2.16 bits per heavy atom. The van der Waals surface area contributed by atoms with Crippen molar-refractivity contribution in [3.8, 4) is 0 Å². The largest absolute Gasteiger partial charge is 0.398 e. The van der Waals surface area contributed by atoms with Gasteiger partial charge in [0.25, 0.3) is 0 Å². The van der Waals surface area contributed by atoms with Crippen molar-refractivity contribution in [1.29, 1.82) is 0 Å². The van der Waals surface area contributed by atoms with Gasteiger partial charge in [0.15, 0.2) is 0 Å². The Hall–Kier alpha value is -0.630. The molecule has 1 aliphatic heterocycles.